The van der Waals surface area contributed by atoms with Crippen LogP contribution in [0.4, 0.5) is 0 Å². The molecule has 0 fully saturated rings. The van der Waals surface area contributed by atoms with Gasteiger partial charge in [0, 0.05) is 24.5 Å². The van der Waals surface area contributed by atoms with Gasteiger partial charge in [-0.05, 0) is 43.0 Å². The number of benzene rings is 1. The average Bonchev–Trinajstić information content (AvgIpc) is 3.27. The van der Waals surface area contributed by atoms with Crippen molar-refractivity contribution in [1.29, 1.82) is 0 Å². The summed E-state index contributed by atoms with van der Waals surface area (Å²) in [6, 6.07) is 9.58. The molecular weight excluding hydrogens is 366 g/mol. The molecular formula is C22H29N5O2. The Balaban J connectivity index is 1.57. The van der Waals surface area contributed by atoms with Crippen molar-refractivity contribution in [2.75, 3.05) is 0 Å². The van der Waals surface area contributed by atoms with Gasteiger partial charge >= 0.3 is 0 Å². The van der Waals surface area contributed by atoms with Crippen LogP contribution in [-0.4, -0.2) is 25.5 Å². The Hall–Kier alpha value is -3.09. The zero-order valence-corrected chi connectivity index (χ0v) is 17.9. The summed E-state index contributed by atoms with van der Waals surface area (Å²) in [7, 11) is 1.88. The molecule has 1 amide bonds. The molecule has 7 nitrogen and oxygen atoms in total. The van der Waals surface area contributed by atoms with Gasteiger partial charge < -0.3 is 10.1 Å². The lowest BCUT2D eigenvalue weighted by Crippen LogP contribution is -2.27. The van der Waals surface area contributed by atoms with E-state index in [1.54, 1.807) is 27.8 Å². The molecule has 0 aliphatic rings. The Labute approximate surface area is 171 Å². The van der Waals surface area contributed by atoms with Crippen LogP contribution in [0.1, 0.15) is 61.0 Å². The van der Waals surface area contributed by atoms with Crippen molar-refractivity contribution in [1.82, 2.24) is 24.9 Å². The lowest BCUT2D eigenvalue weighted by molar-refractivity contribution is 0.0932. The fraction of sp³-hybridized carbons (Fsp3) is 0.409. The first-order valence-corrected chi connectivity index (χ1v) is 9.71. The van der Waals surface area contributed by atoms with E-state index in [0.717, 1.165) is 17.0 Å². The zero-order valence-electron chi connectivity index (χ0n) is 17.9. The Morgan fingerprint density at radius 1 is 1.21 bits per heavy atom. The predicted molar refractivity (Wildman–Crippen MR) is 112 cm³/mol. The fourth-order valence-electron chi connectivity index (χ4n) is 3.04. The summed E-state index contributed by atoms with van der Waals surface area (Å²) in [5, 5.41) is 11.5. The molecule has 0 saturated heterocycles. The summed E-state index contributed by atoms with van der Waals surface area (Å²) < 4.78 is 9.17. The molecule has 7 heteroatoms. The highest BCUT2D eigenvalue weighted by molar-refractivity contribution is 5.92. The Morgan fingerprint density at radius 2 is 1.90 bits per heavy atom. The number of rotatable bonds is 6. The number of hydrogen-bond acceptors (Lipinski definition) is 4. The maximum Gasteiger partial charge on any atom is 0.272 e. The average molecular weight is 396 g/mol. The van der Waals surface area contributed by atoms with E-state index in [2.05, 4.69) is 48.4 Å². The van der Waals surface area contributed by atoms with Crippen molar-refractivity contribution in [3.8, 4) is 5.75 Å². The number of ether oxygens (including phenoxy) is 1. The van der Waals surface area contributed by atoms with E-state index in [4.69, 9.17) is 4.74 Å². The number of amides is 1. The SMILES string of the molecule is Cc1c(C(C)NC(=O)c2ccn(COc3ccc(C(C)(C)C)cc3)n2)cnn1C. The topological polar surface area (TPSA) is 74.0 Å². The number of nitrogens with one attached hydrogen (secondary N) is 1. The lowest BCUT2D eigenvalue weighted by atomic mass is 9.87. The molecule has 29 heavy (non-hydrogen) atoms. The molecule has 154 valence electrons. The van der Waals surface area contributed by atoms with Gasteiger partial charge in [-0.2, -0.15) is 10.2 Å². The van der Waals surface area contributed by atoms with Crippen LogP contribution in [0.3, 0.4) is 0 Å². The van der Waals surface area contributed by atoms with Gasteiger partial charge in [-0.25, -0.2) is 4.68 Å². The molecule has 0 spiro atoms. The maximum atomic E-state index is 12.5. The number of aromatic nitrogens is 4. The lowest BCUT2D eigenvalue weighted by Gasteiger charge is -2.19. The van der Waals surface area contributed by atoms with Crippen LogP contribution < -0.4 is 10.1 Å². The highest BCUT2D eigenvalue weighted by Gasteiger charge is 2.17. The number of carbonyl (C=O) groups is 1. The minimum absolute atomic E-state index is 0.105. The van der Waals surface area contributed by atoms with E-state index >= 15 is 0 Å². The summed E-state index contributed by atoms with van der Waals surface area (Å²) >= 11 is 0. The smallest absolute Gasteiger partial charge is 0.272 e. The first kappa shape index (κ1) is 20.6. The molecule has 1 atom stereocenters. The van der Waals surface area contributed by atoms with Crippen LogP contribution in [0, 0.1) is 6.92 Å². The molecule has 1 N–H and O–H groups in total. The highest BCUT2D eigenvalue weighted by Crippen LogP contribution is 2.24. The number of hydrogen-bond donors (Lipinski definition) is 1. The Bertz CT molecular complexity index is 980. The minimum Gasteiger partial charge on any atom is -0.471 e. The van der Waals surface area contributed by atoms with Gasteiger partial charge in [0.15, 0.2) is 6.73 Å². The number of aryl methyl sites for hydroxylation is 1. The Morgan fingerprint density at radius 3 is 2.48 bits per heavy atom. The van der Waals surface area contributed by atoms with E-state index in [-0.39, 0.29) is 24.1 Å². The molecule has 0 aliphatic carbocycles. The molecule has 3 rings (SSSR count). The Kier molecular flexibility index (Phi) is 5.77. The van der Waals surface area contributed by atoms with Gasteiger partial charge in [-0.1, -0.05) is 32.9 Å². The molecule has 1 aromatic carbocycles. The van der Waals surface area contributed by atoms with Crippen molar-refractivity contribution in [3.63, 3.8) is 0 Å². The van der Waals surface area contributed by atoms with Crippen molar-refractivity contribution < 1.29 is 9.53 Å². The van der Waals surface area contributed by atoms with Crippen LogP contribution in [0.5, 0.6) is 5.75 Å². The van der Waals surface area contributed by atoms with Crippen molar-refractivity contribution in [2.45, 2.75) is 52.8 Å². The van der Waals surface area contributed by atoms with Crippen LogP contribution in [0.15, 0.2) is 42.7 Å². The van der Waals surface area contributed by atoms with Gasteiger partial charge in [0.2, 0.25) is 0 Å². The van der Waals surface area contributed by atoms with E-state index in [0.29, 0.717) is 5.69 Å². The summed E-state index contributed by atoms with van der Waals surface area (Å²) in [4.78, 5) is 12.5. The normalized spacial score (nSPS) is 12.6. The predicted octanol–water partition coefficient (Wildman–Crippen LogP) is 3.75. The summed E-state index contributed by atoms with van der Waals surface area (Å²) in [5.41, 5.74) is 3.72. The molecule has 1 unspecified atom stereocenters. The van der Waals surface area contributed by atoms with E-state index in [1.165, 1.54) is 5.56 Å². The maximum absolute atomic E-state index is 12.5. The first-order valence-electron chi connectivity index (χ1n) is 9.71. The molecule has 3 aromatic rings. The molecule has 0 radical (unpaired) electrons. The van der Waals surface area contributed by atoms with Crippen LogP contribution in [0.2, 0.25) is 0 Å². The van der Waals surface area contributed by atoms with Crippen LogP contribution >= 0.6 is 0 Å². The quantitative estimate of drug-likeness (QED) is 0.690. The largest absolute Gasteiger partial charge is 0.471 e. The van der Waals surface area contributed by atoms with E-state index in [9.17, 15) is 4.79 Å². The van der Waals surface area contributed by atoms with Gasteiger partial charge in [0.1, 0.15) is 11.4 Å². The molecule has 2 aromatic heterocycles. The number of nitrogens with zero attached hydrogens (tertiary/aromatic N) is 4. The second-order valence-corrected chi connectivity index (χ2v) is 8.29. The third-order valence-corrected chi connectivity index (χ3v) is 5.04. The second-order valence-electron chi connectivity index (χ2n) is 8.29. The van der Waals surface area contributed by atoms with Crippen molar-refractivity contribution >= 4 is 5.91 Å². The molecule has 0 bridgehead atoms. The fourth-order valence-corrected chi connectivity index (χ4v) is 3.04. The molecule has 0 saturated carbocycles. The van der Waals surface area contributed by atoms with Gasteiger partial charge in [-0.3, -0.25) is 9.48 Å². The van der Waals surface area contributed by atoms with Crippen molar-refractivity contribution in [3.05, 3.63) is 65.2 Å². The van der Waals surface area contributed by atoms with Crippen LogP contribution in [-0.2, 0) is 19.2 Å². The van der Waals surface area contributed by atoms with Gasteiger partial charge in [0.05, 0.1) is 12.2 Å². The van der Waals surface area contributed by atoms with E-state index < -0.39 is 0 Å². The standard InChI is InChI=1S/C22H29N5O2/c1-15(19-13-23-26(6)16(19)2)24-21(28)20-11-12-27(25-20)14-29-18-9-7-17(8-10-18)22(3,4)5/h7-13,15H,14H2,1-6H3,(H,24,28). The molecule has 0 aliphatic heterocycles. The van der Waals surface area contributed by atoms with Gasteiger partial charge in [0.25, 0.3) is 5.91 Å². The third-order valence-electron chi connectivity index (χ3n) is 5.04. The van der Waals surface area contributed by atoms with E-state index in [1.807, 2.05) is 33.0 Å². The van der Waals surface area contributed by atoms with Crippen LogP contribution in [0.25, 0.3) is 0 Å². The summed E-state index contributed by atoms with van der Waals surface area (Å²) in [6.07, 6.45) is 3.51. The minimum atomic E-state index is -0.228. The third kappa shape index (κ3) is 4.85. The van der Waals surface area contributed by atoms with Gasteiger partial charge in [-0.15, -0.1) is 0 Å². The first-order chi connectivity index (χ1) is 13.6. The summed E-state index contributed by atoms with van der Waals surface area (Å²) in [5.74, 6) is 0.536. The highest BCUT2D eigenvalue weighted by atomic mass is 16.5. The monoisotopic (exact) mass is 395 g/mol. The van der Waals surface area contributed by atoms with Crippen molar-refractivity contribution in [2.24, 2.45) is 7.05 Å². The summed E-state index contributed by atoms with van der Waals surface area (Å²) in [6.45, 7) is 10.7. The molecule has 2 heterocycles. The second kappa shape index (κ2) is 8.11. The zero-order chi connectivity index (χ0) is 21.2. The number of carbonyl (C=O) groups excluding carboxylic acids is 1.